The summed E-state index contributed by atoms with van der Waals surface area (Å²) in [5.74, 6) is 0.184. The number of aliphatic hydroxyl groups excluding tert-OH is 1. The predicted molar refractivity (Wildman–Crippen MR) is 126 cm³/mol. The number of carbonyl (C=O) groups is 1. The zero-order valence-corrected chi connectivity index (χ0v) is 19.1. The predicted octanol–water partition coefficient (Wildman–Crippen LogP) is 2.61. The Morgan fingerprint density at radius 3 is 2.65 bits per heavy atom. The fourth-order valence-electron chi connectivity index (χ4n) is 4.07. The van der Waals surface area contributed by atoms with Gasteiger partial charge < -0.3 is 14.7 Å². The molecule has 182 valence electrons. The molecular formula is C25H31FN4O4. The maximum absolute atomic E-state index is 13.1. The molecule has 2 N–H and O–H groups in total. The maximum Gasteiger partial charge on any atom is 0.276 e. The molecule has 2 aromatic rings. The number of hydrogen-bond acceptors (Lipinski definition) is 7. The van der Waals surface area contributed by atoms with Crippen LogP contribution in [-0.2, 0) is 9.57 Å². The lowest BCUT2D eigenvalue weighted by Crippen LogP contribution is -2.51. The number of aliphatic hydroxyl groups is 1. The van der Waals surface area contributed by atoms with Gasteiger partial charge in [0.05, 0.1) is 18.2 Å². The first-order valence-corrected chi connectivity index (χ1v) is 11.7. The zero-order chi connectivity index (χ0) is 23.8. The third kappa shape index (κ3) is 6.60. The van der Waals surface area contributed by atoms with Crippen LogP contribution in [0.1, 0.15) is 35.2 Å². The Bertz CT molecular complexity index is 940. The van der Waals surface area contributed by atoms with Crippen LogP contribution in [0.25, 0.3) is 6.08 Å². The van der Waals surface area contributed by atoms with E-state index in [0.29, 0.717) is 12.2 Å². The van der Waals surface area contributed by atoms with Crippen LogP contribution in [0.2, 0.25) is 0 Å². The Labute approximate surface area is 198 Å². The van der Waals surface area contributed by atoms with Crippen molar-refractivity contribution in [1.82, 2.24) is 15.4 Å². The molecule has 0 radical (unpaired) electrons. The van der Waals surface area contributed by atoms with E-state index in [2.05, 4.69) is 20.3 Å². The SMILES string of the molecule is O=C(NOC1CCCCO1)c1ccc(N2CCN(C(C=Cc3ccc(F)cc3)CO)CC2)nc1. The van der Waals surface area contributed by atoms with Gasteiger partial charge in [0.25, 0.3) is 5.91 Å². The topological polar surface area (TPSA) is 87.2 Å². The van der Waals surface area contributed by atoms with E-state index in [1.807, 2.05) is 18.2 Å². The first kappa shape index (κ1) is 24.3. The largest absolute Gasteiger partial charge is 0.394 e. The zero-order valence-electron chi connectivity index (χ0n) is 19.1. The van der Waals surface area contributed by atoms with Gasteiger partial charge in [0, 0.05) is 45.4 Å². The smallest absolute Gasteiger partial charge is 0.276 e. The van der Waals surface area contributed by atoms with E-state index in [-0.39, 0.29) is 24.4 Å². The number of rotatable bonds is 8. The molecular weight excluding hydrogens is 439 g/mol. The molecule has 0 spiro atoms. The molecule has 2 aliphatic rings. The van der Waals surface area contributed by atoms with E-state index < -0.39 is 6.29 Å². The van der Waals surface area contributed by atoms with E-state index in [1.165, 1.54) is 12.1 Å². The number of aromatic nitrogens is 1. The monoisotopic (exact) mass is 470 g/mol. The van der Waals surface area contributed by atoms with Gasteiger partial charge in [-0.25, -0.2) is 19.7 Å². The molecule has 1 aromatic heterocycles. The number of carbonyl (C=O) groups excluding carboxylic acids is 1. The molecule has 2 fully saturated rings. The van der Waals surface area contributed by atoms with Gasteiger partial charge in [-0.1, -0.05) is 24.3 Å². The molecule has 1 amide bonds. The van der Waals surface area contributed by atoms with Gasteiger partial charge >= 0.3 is 0 Å². The van der Waals surface area contributed by atoms with Gasteiger partial charge in [-0.05, 0) is 42.7 Å². The fourth-order valence-corrected chi connectivity index (χ4v) is 4.07. The van der Waals surface area contributed by atoms with Crippen molar-refractivity contribution in [2.45, 2.75) is 31.6 Å². The summed E-state index contributed by atoms with van der Waals surface area (Å²) in [4.78, 5) is 26.5. The van der Waals surface area contributed by atoms with E-state index >= 15 is 0 Å². The number of nitrogens with one attached hydrogen (secondary N) is 1. The van der Waals surface area contributed by atoms with Crippen molar-refractivity contribution in [1.29, 1.82) is 0 Å². The van der Waals surface area contributed by atoms with Crippen LogP contribution in [0.5, 0.6) is 0 Å². The second-order valence-electron chi connectivity index (χ2n) is 8.43. The minimum absolute atomic E-state index is 0.00766. The Balaban J connectivity index is 1.26. The lowest BCUT2D eigenvalue weighted by molar-refractivity contribution is -0.186. The number of hydrogen-bond donors (Lipinski definition) is 2. The number of nitrogens with zero attached hydrogens (tertiary/aromatic N) is 3. The summed E-state index contributed by atoms with van der Waals surface area (Å²) in [7, 11) is 0. The molecule has 34 heavy (non-hydrogen) atoms. The van der Waals surface area contributed by atoms with E-state index in [9.17, 15) is 14.3 Å². The second kappa shape index (κ2) is 12.0. The Kier molecular flexibility index (Phi) is 8.59. The number of anilines is 1. The summed E-state index contributed by atoms with van der Waals surface area (Å²) in [6, 6.07) is 9.72. The van der Waals surface area contributed by atoms with Crippen LogP contribution in [0, 0.1) is 5.82 Å². The highest BCUT2D eigenvalue weighted by molar-refractivity contribution is 5.93. The van der Waals surface area contributed by atoms with Crippen LogP contribution in [-0.4, -0.2) is 72.6 Å². The molecule has 2 aliphatic heterocycles. The Hall–Kier alpha value is -2.85. The second-order valence-corrected chi connectivity index (χ2v) is 8.43. The maximum atomic E-state index is 13.1. The first-order valence-electron chi connectivity index (χ1n) is 11.7. The summed E-state index contributed by atoms with van der Waals surface area (Å²) in [6.07, 6.45) is 7.81. The van der Waals surface area contributed by atoms with Crippen molar-refractivity contribution < 1.29 is 23.9 Å². The number of amides is 1. The molecule has 0 bridgehead atoms. The number of hydroxylamine groups is 1. The van der Waals surface area contributed by atoms with Crippen LogP contribution in [0.4, 0.5) is 10.2 Å². The summed E-state index contributed by atoms with van der Waals surface area (Å²) in [6.45, 7) is 3.68. The quantitative estimate of drug-likeness (QED) is 0.574. The highest BCUT2D eigenvalue weighted by Crippen LogP contribution is 2.17. The summed E-state index contributed by atoms with van der Waals surface area (Å²) < 4.78 is 18.5. The van der Waals surface area contributed by atoms with Crippen molar-refractivity contribution in [3.8, 4) is 0 Å². The standard InChI is InChI=1S/C25H31FN4O4/c26-21-8-4-19(5-9-21)6-10-22(18-31)29-12-14-30(15-13-29)23-11-7-20(17-27-23)25(32)28-34-24-3-1-2-16-33-24/h4-11,17,22,24,31H,1-3,12-16,18H2,(H,28,32). The van der Waals surface area contributed by atoms with E-state index in [4.69, 9.17) is 9.57 Å². The van der Waals surface area contributed by atoms with Gasteiger partial charge in [0.2, 0.25) is 0 Å². The van der Waals surface area contributed by atoms with Crippen LogP contribution >= 0.6 is 0 Å². The van der Waals surface area contributed by atoms with Crippen molar-refractivity contribution >= 4 is 17.8 Å². The molecule has 3 heterocycles. The average Bonchev–Trinajstić information content (AvgIpc) is 2.90. The molecule has 2 saturated heterocycles. The fraction of sp³-hybridized carbons (Fsp3) is 0.440. The lowest BCUT2D eigenvalue weighted by atomic mass is 10.1. The third-order valence-electron chi connectivity index (χ3n) is 6.11. The molecule has 2 atom stereocenters. The highest BCUT2D eigenvalue weighted by Gasteiger charge is 2.23. The van der Waals surface area contributed by atoms with Gasteiger partial charge in [0.1, 0.15) is 11.6 Å². The number of pyridine rings is 1. The molecule has 0 saturated carbocycles. The molecule has 8 nitrogen and oxygen atoms in total. The van der Waals surface area contributed by atoms with E-state index in [1.54, 1.807) is 24.4 Å². The number of benzene rings is 1. The van der Waals surface area contributed by atoms with Crippen LogP contribution < -0.4 is 10.4 Å². The highest BCUT2D eigenvalue weighted by atomic mass is 19.1. The van der Waals surface area contributed by atoms with Crippen molar-refractivity contribution in [3.63, 3.8) is 0 Å². The molecule has 1 aromatic carbocycles. The minimum atomic E-state index is -0.394. The number of piperazine rings is 1. The molecule has 9 heteroatoms. The third-order valence-corrected chi connectivity index (χ3v) is 6.11. The normalized spacial score (nSPS) is 20.4. The summed E-state index contributed by atoms with van der Waals surface area (Å²) in [5, 5.41) is 9.86. The van der Waals surface area contributed by atoms with Crippen LogP contribution in [0.3, 0.4) is 0 Å². The minimum Gasteiger partial charge on any atom is -0.394 e. The van der Waals surface area contributed by atoms with Gasteiger partial charge in [-0.2, -0.15) is 0 Å². The van der Waals surface area contributed by atoms with Gasteiger partial charge in [-0.3, -0.25) is 9.69 Å². The molecule has 0 aliphatic carbocycles. The van der Waals surface area contributed by atoms with Crippen molar-refractivity contribution in [2.24, 2.45) is 0 Å². The van der Waals surface area contributed by atoms with Crippen molar-refractivity contribution in [3.05, 3.63) is 65.6 Å². The Morgan fingerprint density at radius 1 is 1.21 bits per heavy atom. The average molecular weight is 471 g/mol. The lowest BCUT2D eigenvalue weighted by Gasteiger charge is -2.38. The molecule has 2 unspecified atom stereocenters. The summed E-state index contributed by atoms with van der Waals surface area (Å²) in [5.41, 5.74) is 3.76. The van der Waals surface area contributed by atoms with Gasteiger partial charge in [0.15, 0.2) is 6.29 Å². The molecule has 4 rings (SSSR count). The summed E-state index contributed by atoms with van der Waals surface area (Å²) >= 11 is 0. The Morgan fingerprint density at radius 2 is 2.00 bits per heavy atom. The number of halogens is 1. The number of ether oxygens (including phenoxy) is 1. The van der Waals surface area contributed by atoms with Crippen LogP contribution in [0.15, 0.2) is 48.7 Å². The van der Waals surface area contributed by atoms with Crippen molar-refractivity contribution in [2.75, 3.05) is 44.3 Å². The van der Waals surface area contributed by atoms with E-state index in [0.717, 1.165) is 56.8 Å². The van der Waals surface area contributed by atoms with Gasteiger partial charge in [-0.15, -0.1) is 0 Å². The first-order chi connectivity index (χ1) is 16.6.